The van der Waals surface area contributed by atoms with Crippen molar-refractivity contribution in [3.05, 3.63) is 54.1 Å². The summed E-state index contributed by atoms with van der Waals surface area (Å²) in [5, 5.41) is 3.03. The molecule has 1 aromatic carbocycles. The van der Waals surface area contributed by atoms with Crippen molar-refractivity contribution < 1.29 is 13.9 Å². The van der Waals surface area contributed by atoms with E-state index >= 15 is 0 Å². The van der Waals surface area contributed by atoms with E-state index in [-0.39, 0.29) is 12.6 Å². The highest BCUT2D eigenvalue weighted by atomic mass is 32.1. The molecule has 0 bridgehead atoms. The van der Waals surface area contributed by atoms with Crippen LogP contribution in [0.2, 0.25) is 0 Å². The molecule has 1 aliphatic rings. The zero-order chi connectivity index (χ0) is 19.4. The maximum Gasteiger partial charge on any atom is 0.414 e. The van der Waals surface area contributed by atoms with Gasteiger partial charge in [-0.05, 0) is 42.8 Å². The van der Waals surface area contributed by atoms with Crippen molar-refractivity contribution in [1.82, 2.24) is 10.3 Å². The van der Waals surface area contributed by atoms with Crippen molar-refractivity contribution in [3.63, 3.8) is 0 Å². The summed E-state index contributed by atoms with van der Waals surface area (Å²) in [6, 6.07) is 8.30. The van der Waals surface area contributed by atoms with Crippen LogP contribution in [0.5, 0.6) is 0 Å². The first-order chi connectivity index (χ1) is 13.0. The van der Waals surface area contributed by atoms with Gasteiger partial charge in [-0.15, -0.1) is 0 Å². The molecule has 2 heterocycles. The molecule has 8 heteroatoms. The number of nitrogens with one attached hydrogen (secondary N) is 1. The lowest BCUT2D eigenvalue weighted by Gasteiger charge is -2.24. The average molecular weight is 388 g/mol. The molecule has 0 spiro atoms. The van der Waals surface area contributed by atoms with Gasteiger partial charge in [-0.2, -0.15) is 0 Å². The summed E-state index contributed by atoms with van der Waals surface area (Å²) < 4.78 is 19.9. The summed E-state index contributed by atoms with van der Waals surface area (Å²) in [4.78, 5) is 20.0. The smallest absolute Gasteiger partial charge is 0.414 e. The number of ether oxygens (including phenoxy) is 1. The Hall–Kier alpha value is -2.74. The highest BCUT2D eigenvalue weighted by molar-refractivity contribution is 7.80. The maximum absolute atomic E-state index is 14.8. The molecule has 142 valence electrons. The first-order valence-corrected chi connectivity index (χ1v) is 8.96. The van der Waals surface area contributed by atoms with Crippen molar-refractivity contribution in [2.75, 3.05) is 30.0 Å². The topological polar surface area (TPSA) is 57.7 Å². The van der Waals surface area contributed by atoms with Gasteiger partial charge < -0.3 is 15.0 Å². The number of rotatable bonds is 6. The number of anilines is 2. The number of thiocarbonyl (C=S) groups is 1. The lowest BCUT2D eigenvalue weighted by molar-refractivity contribution is 0.179. The normalized spacial score (nSPS) is 16.2. The van der Waals surface area contributed by atoms with Gasteiger partial charge in [-0.3, -0.25) is 9.88 Å². The van der Waals surface area contributed by atoms with Gasteiger partial charge >= 0.3 is 6.09 Å². The lowest BCUT2D eigenvalue weighted by Crippen LogP contribution is -2.42. The molecule has 27 heavy (non-hydrogen) atoms. The number of amides is 1. The number of aromatic nitrogens is 1. The van der Waals surface area contributed by atoms with Crippen molar-refractivity contribution in [2.45, 2.75) is 19.5 Å². The second-order valence-electron chi connectivity index (χ2n) is 6.39. The van der Waals surface area contributed by atoms with Crippen LogP contribution in [-0.4, -0.2) is 42.3 Å². The standard InChI is InChI=1S/C19H21FN4O2S/c1-13(27)22-10-16-12-26-19(25)24(16)15-3-4-18(17(20)9-15)23(2)11-14-5-7-21-8-6-14/h3-9,16H,10-12H2,1-2H3,(H,22,27)/t16-/m0/s1. The summed E-state index contributed by atoms with van der Waals surface area (Å²) in [6.45, 7) is 3.00. The van der Waals surface area contributed by atoms with Crippen LogP contribution in [0, 0.1) is 5.82 Å². The molecule has 0 saturated carbocycles. The number of benzene rings is 1. The zero-order valence-corrected chi connectivity index (χ0v) is 16.0. The molecule has 1 amide bonds. The van der Waals surface area contributed by atoms with E-state index in [1.165, 1.54) is 11.0 Å². The Bertz CT molecular complexity index is 834. The molecule has 6 nitrogen and oxygen atoms in total. The van der Waals surface area contributed by atoms with Gasteiger partial charge in [-0.1, -0.05) is 12.2 Å². The highest BCUT2D eigenvalue weighted by Crippen LogP contribution is 2.29. The summed E-state index contributed by atoms with van der Waals surface area (Å²) in [5.74, 6) is -0.401. The first-order valence-electron chi connectivity index (χ1n) is 8.55. The van der Waals surface area contributed by atoms with Gasteiger partial charge in [0.25, 0.3) is 0 Å². The molecule has 1 fully saturated rings. The monoisotopic (exact) mass is 388 g/mol. The SMILES string of the molecule is CC(=S)NC[C@H]1COC(=O)N1c1ccc(N(C)Cc2ccncc2)c(F)c1. The summed E-state index contributed by atoms with van der Waals surface area (Å²) in [7, 11) is 1.82. The van der Waals surface area contributed by atoms with Gasteiger partial charge in [0.05, 0.1) is 22.4 Å². The van der Waals surface area contributed by atoms with E-state index in [9.17, 15) is 9.18 Å². The fourth-order valence-corrected chi connectivity index (χ4v) is 3.07. The minimum absolute atomic E-state index is 0.236. The highest BCUT2D eigenvalue weighted by Gasteiger charge is 2.34. The summed E-state index contributed by atoms with van der Waals surface area (Å²) >= 11 is 5.01. The Morgan fingerprint density at radius 3 is 2.81 bits per heavy atom. The minimum atomic E-state index is -0.485. The van der Waals surface area contributed by atoms with Crippen LogP contribution >= 0.6 is 12.2 Å². The molecule has 0 unspecified atom stereocenters. The molecule has 1 saturated heterocycles. The second kappa shape index (κ2) is 8.30. The van der Waals surface area contributed by atoms with Crippen LogP contribution in [0.25, 0.3) is 0 Å². The van der Waals surface area contributed by atoms with Crippen LogP contribution in [-0.2, 0) is 11.3 Å². The molecular formula is C19H21FN4O2S. The lowest BCUT2D eigenvalue weighted by atomic mass is 10.2. The predicted octanol–water partition coefficient (Wildman–Crippen LogP) is 3.12. The number of cyclic esters (lactones) is 1. The summed E-state index contributed by atoms with van der Waals surface area (Å²) in [6.07, 6.45) is 2.93. The molecule has 2 aromatic rings. The van der Waals surface area contributed by atoms with Crippen LogP contribution in [0.15, 0.2) is 42.7 Å². The predicted molar refractivity (Wildman–Crippen MR) is 107 cm³/mol. The van der Waals surface area contributed by atoms with Gasteiger partial charge in [0, 0.05) is 32.5 Å². The quantitative estimate of drug-likeness (QED) is 0.768. The van der Waals surface area contributed by atoms with Crippen LogP contribution in [0.1, 0.15) is 12.5 Å². The molecule has 1 aromatic heterocycles. The van der Waals surface area contributed by atoms with Gasteiger partial charge in [-0.25, -0.2) is 9.18 Å². The Morgan fingerprint density at radius 2 is 2.15 bits per heavy atom. The third-order valence-corrected chi connectivity index (χ3v) is 4.48. The van der Waals surface area contributed by atoms with Crippen molar-refractivity contribution in [3.8, 4) is 0 Å². The molecule has 1 aliphatic heterocycles. The second-order valence-corrected chi connectivity index (χ2v) is 7.00. The number of nitrogens with zero attached hydrogens (tertiary/aromatic N) is 3. The molecule has 1 atom stereocenters. The Kier molecular flexibility index (Phi) is 5.85. The maximum atomic E-state index is 14.8. The number of pyridine rings is 1. The average Bonchev–Trinajstić information content (AvgIpc) is 3.01. The van der Waals surface area contributed by atoms with Crippen LogP contribution in [0.3, 0.4) is 0 Å². The van der Waals surface area contributed by atoms with Crippen LogP contribution in [0.4, 0.5) is 20.6 Å². The van der Waals surface area contributed by atoms with E-state index in [2.05, 4.69) is 10.3 Å². The van der Waals surface area contributed by atoms with Gasteiger partial charge in [0.1, 0.15) is 12.4 Å². The summed E-state index contributed by atoms with van der Waals surface area (Å²) in [5.41, 5.74) is 1.94. The number of halogens is 1. The largest absolute Gasteiger partial charge is 0.447 e. The fraction of sp³-hybridized carbons (Fsp3) is 0.316. The number of hydrogen-bond acceptors (Lipinski definition) is 5. The van der Waals surface area contributed by atoms with E-state index in [1.807, 2.05) is 24.1 Å². The van der Waals surface area contributed by atoms with E-state index in [4.69, 9.17) is 17.0 Å². The van der Waals surface area contributed by atoms with E-state index in [1.54, 1.807) is 31.5 Å². The number of hydrogen-bond donors (Lipinski definition) is 1. The zero-order valence-electron chi connectivity index (χ0n) is 15.2. The molecule has 0 radical (unpaired) electrons. The van der Waals surface area contributed by atoms with Crippen LogP contribution < -0.4 is 15.1 Å². The van der Waals surface area contributed by atoms with Crippen molar-refractivity contribution in [2.24, 2.45) is 0 Å². The van der Waals surface area contributed by atoms with Crippen molar-refractivity contribution >= 4 is 34.7 Å². The molecule has 0 aliphatic carbocycles. The van der Waals surface area contributed by atoms with Gasteiger partial charge in [0.2, 0.25) is 0 Å². The molecule has 1 N–H and O–H groups in total. The van der Waals surface area contributed by atoms with E-state index in [0.717, 1.165) is 5.56 Å². The first kappa shape index (κ1) is 19.0. The minimum Gasteiger partial charge on any atom is -0.447 e. The third-order valence-electron chi connectivity index (χ3n) is 4.34. The number of carbonyl (C=O) groups excluding carboxylic acids is 1. The van der Waals surface area contributed by atoms with E-state index < -0.39 is 11.9 Å². The fourth-order valence-electron chi connectivity index (χ4n) is 2.99. The third kappa shape index (κ3) is 4.51. The Labute approximate surface area is 162 Å². The van der Waals surface area contributed by atoms with Gasteiger partial charge in [0.15, 0.2) is 0 Å². The molecule has 3 rings (SSSR count). The Balaban J connectivity index is 1.77. The Morgan fingerprint density at radius 1 is 1.41 bits per heavy atom. The van der Waals surface area contributed by atoms with E-state index in [0.29, 0.717) is 29.5 Å². The number of carbonyl (C=O) groups is 1. The molecular weight excluding hydrogens is 367 g/mol. The van der Waals surface area contributed by atoms with Crippen molar-refractivity contribution in [1.29, 1.82) is 0 Å².